The van der Waals surface area contributed by atoms with Gasteiger partial charge in [-0.25, -0.2) is 0 Å². The van der Waals surface area contributed by atoms with E-state index in [0.29, 0.717) is 23.9 Å². The summed E-state index contributed by atoms with van der Waals surface area (Å²) in [6.07, 6.45) is 0. The summed E-state index contributed by atoms with van der Waals surface area (Å²) in [6, 6.07) is 5.60. The summed E-state index contributed by atoms with van der Waals surface area (Å²) in [6.45, 7) is 0.643. The van der Waals surface area contributed by atoms with Crippen molar-refractivity contribution in [3.05, 3.63) is 23.9 Å². The number of rotatable bonds is 5. The molecular formula is C14H19N3O3. The van der Waals surface area contributed by atoms with Crippen molar-refractivity contribution in [2.45, 2.75) is 6.54 Å². The number of hydrogen-bond acceptors (Lipinski definition) is 6. The average molecular weight is 277 g/mol. The lowest BCUT2D eigenvalue weighted by atomic mass is 10.0. The largest absolute Gasteiger partial charge is 0.493 e. The van der Waals surface area contributed by atoms with Crippen molar-refractivity contribution in [3.8, 4) is 22.6 Å². The molecule has 0 aliphatic carbocycles. The van der Waals surface area contributed by atoms with E-state index in [2.05, 4.69) is 5.16 Å². The van der Waals surface area contributed by atoms with Crippen LogP contribution >= 0.6 is 0 Å². The van der Waals surface area contributed by atoms with Gasteiger partial charge < -0.3 is 24.6 Å². The first-order valence-electron chi connectivity index (χ1n) is 6.18. The smallest absolute Gasteiger partial charge is 0.230 e. The minimum Gasteiger partial charge on any atom is -0.493 e. The van der Waals surface area contributed by atoms with E-state index in [-0.39, 0.29) is 0 Å². The van der Waals surface area contributed by atoms with Crippen molar-refractivity contribution >= 4 is 5.88 Å². The van der Waals surface area contributed by atoms with Gasteiger partial charge >= 0.3 is 0 Å². The molecule has 0 fully saturated rings. The van der Waals surface area contributed by atoms with E-state index in [1.54, 1.807) is 14.2 Å². The molecule has 20 heavy (non-hydrogen) atoms. The summed E-state index contributed by atoms with van der Waals surface area (Å²) >= 11 is 0. The van der Waals surface area contributed by atoms with Gasteiger partial charge in [-0.05, 0) is 31.8 Å². The molecule has 2 aromatic rings. The maximum absolute atomic E-state index is 5.89. The van der Waals surface area contributed by atoms with Crippen LogP contribution in [0, 0.1) is 0 Å². The van der Waals surface area contributed by atoms with Crippen LogP contribution in [0.5, 0.6) is 11.5 Å². The number of ether oxygens (including phenoxy) is 2. The van der Waals surface area contributed by atoms with E-state index in [1.807, 2.05) is 37.2 Å². The van der Waals surface area contributed by atoms with Gasteiger partial charge in [0.2, 0.25) is 5.88 Å². The van der Waals surface area contributed by atoms with E-state index in [0.717, 1.165) is 16.8 Å². The van der Waals surface area contributed by atoms with Crippen LogP contribution in [0.3, 0.4) is 0 Å². The van der Waals surface area contributed by atoms with E-state index in [9.17, 15) is 0 Å². The fourth-order valence-corrected chi connectivity index (χ4v) is 2.05. The van der Waals surface area contributed by atoms with Crippen LogP contribution in [0.15, 0.2) is 22.7 Å². The quantitative estimate of drug-likeness (QED) is 0.901. The number of anilines is 1. The SMILES string of the molecule is COc1ccc(-c2c(CN(C)C)noc2N)cc1OC. The summed E-state index contributed by atoms with van der Waals surface area (Å²) in [4.78, 5) is 2.00. The van der Waals surface area contributed by atoms with Gasteiger partial charge in [-0.2, -0.15) is 0 Å². The van der Waals surface area contributed by atoms with Gasteiger partial charge in [0.05, 0.1) is 19.8 Å². The van der Waals surface area contributed by atoms with Crippen molar-refractivity contribution in [3.63, 3.8) is 0 Å². The van der Waals surface area contributed by atoms with E-state index < -0.39 is 0 Å². The second-order valence-electron chi connectivity index (χ2n) is 4.68. The molecule has 6 nitrogen and oxygen atoms in total. The van der Waals surface area contributed by atoms with Crippen LogP contribution in [0.4, 0.5) is 5.88 Å². The Bertz CT molecular complexity index is 593. The van der Waals surface area contributed by atoms with Crippen LogP contribution in [-0.2, 0) is 6.54 Å². The first kappa shape index (κ1) is 14.2. The maximum atomic E-state index is 5.89. The molecule has 0 amide bonds. The summed E-state index contributed by atoms with van der Waals surface area (Å²) in [7, 11) is 7.12. The number of nitrogens with zero attached hydrogens (tertiary/aromatic N) is 2. The molecule has 0 radical (unpaired) electrons. The second-order valence-corrected chi connectivity index (χ2v) is 4.68. The molecule has 1 heterocycles. The zero-order chi connectivity index (χ0) is 14.7. The highest BCUT2D eigenvalue weighted by Gasteiger charge is 2.18. The van der Waals surface area contributed by atoms with Crippen molar-refractivity contribution in [1.29, 1.82) is 0 Å². The minimum absolute atomic E-state index is 0.300. The van der Waals surface area contributed by atoms with E-state index >= 15 is 0 Å². The molecule has 0 bridgehead atoms. The number of nitrogens with two attached hydrogens (primary N) is 1. The van der Waals surface area contributed by atoms with Crippen LogP contribution in [0.1, 0.15) is 5.69 Å². The first-order valence-corrected chi connectivity index (χ1v) is 6.18. The Morgan fingerprint density at radius 3 is 2.50 bits per heavy atom. The molecule has 0 saturated heterocycles. The third kappa shape index (κ3) is 2.70. The number of nitrogen functional groups attached to an aromatic ring is 1. The fourth-order valence-electron chi connectivity index (χ4n) is 2.05. The van der Waals surface area contributed by atoms with Crippen LogP contribution < -0.4 is 15.2 Å². The summed E-state index contributed by atoms with van der Waals surface area (Å²) < 4.78 is 15.6. The number of aromatic nitrogens is 1. The highest BCUT2D eigenvalue weighted by atomic mass is 16.5. The van der Waals surface area contributed by atoms with Gasteiger partial charge in [-0.1, -0.05) is 11.2 Å². The molecule has 0 spiro atoms. The lowest BCUT2D eigenvalue weighted by Gasteiger charge is -2.11. The van der Waals surface area contributed by atoms with Gasteiger partial charge in [0.1, 0.15) is 5.69 Å². The highest BCUT2D eigenvalue weighted by Crippen LogP contribution is 2.36. The predicted molar refractivity (Wildman–Crippen MR) is 76.8 cm³/mol. The number of benzene rings is 1. The van der Waals surface area contributed by atoms with Crippen LogP contribution in [-0.4, -0.2) is 38.4 Å². The molecule has 0 unspecified atom stereocenters. The number of hydrogen-bond donors (Lipinski definition) is 1. The van der Waals surface area contributed by atoms with Gasteiger partial charge in [0.25, 0.3) is 0 Å². The van der Waals surface area contributed by atoms with Crippen LogP contribution in [0.25, 0.3) is 11.1 Å². The lowest BCUT2D eigenvalue weighted by Crippen LogP contribution is -2.11. The zero-order valence-corrected chi connectivity index (χ0v) is 12.1. The fraction of sp³-hybridized carbons (Fsp3) is 0.357. The zero-order valence-electron chi connectivity index (χ0n) is 12.1. The second kappa shape index (κ2) is 5.83. The molecule has 108 valence electrons. The van der Waals surface area contributed by atoms with Crippen molar-refractivity contribution in [2.75, 3.05) is 34.0 Å². The Labute approximate surface area is 118 Å². The van der Waals surface area contributed by atoms with E-state index in [4.69, 9.17) is 19.7 Å². The van der Waals surface area contributed by atoms with E-state index in [1.165, 1.54) is 0 Å². The maximum Gasteiger partial charge on any atom is 0.230 e. The van der Waals surface area contributed by atoms with Gasteiger partial charge in [-0.15, -0.1) is 0 Å². The average Bonchev–Trinajstić information content (AvgIpc) is 2.78. The van der Waals surface area contributed by atoms with Crippen molar-refractivity contribution in [2.24, 2.45) is 0 Å². The molecule has 0 aliphatic rings. The monoisotopic (exact) mass is 277 g/mol. The summed E-state index contributed by atoms with van der Waals surface area (Å²) in [5, 5.41) is 4.02. The lowest BCUT2D eigenvalue weighted by molar-refractivity contribution is 0.355. The third-order valence-electron chi connectivity index (χ3n) is 2.93. The Morgan fingerprint density at radius 1 is 1.20 bits per heavy atom. The van der Waals surface area contributed by atoms with Crippen LogP contribution in [0.2, 0.25) is 0 Å². The predicted octanol–water partition coefficient (Wildman–Crippen LogP) is 2.00. The minimum atomic E-state index is 0.300. The molecular weight excluding hydrogens is 258 g/mol. The summed E-state index contributed by atoms with van der Waals surface area (Å²) in [5.41, 5.74) is 8.36. The highest BCUT2D eigenvalue weighted by molar-refractivity contribution is 5.76. The standard InChI is InChI=1S/C14H19N3O3/c1-17(2)8-10-13(14(15)20-16-10)9-5-6-11(18-3)12(7-9)19-4/h5-7H,8,15H2,1-4H3. The Hall–Kier alpha value is -2.21. The molecule has 2 N–H and O–H groups in total. The number of methoxy groups -OCH3 is 2. The first-order chi connectivity index (χ1) is 9.56. The molecule has 1 aromatic carbocycles. The topological polar surface area (TPSA) is 73.8 Å². The Morgan fingerprint density at radius 2 is 1.90 bits per heavy atom. The van der Waals surface area contributed by atoms with Gasteiger partial charge in [0.15, 0.2) is 11.5 Å². The molecule has 2 rings (SSSR count). The molecule has 0 atom stereocenters. The summed E-state index contributed by atoms with van der Waals surface area (Å²) in [5.74, 6) is 1.61. The molecule has 6 heteroatoms. The molecule has 0 saturated carbocycles. The Balaban J connectivity index is 2.48. The van der Waals surface area contributed by atoms with Gasteiger partial charge in [-0.3, -0.25) is 0 Å². The van der Waals surface area contributed by atoms with Crippen molar-refractivity contribution < 1.29 is 14.0 Å². The molecule has 0 aliphatic heterocycles. The Kier molecular flexibility index (Phi) is 4.14. The van der Waals surface area contributed by atoms with Gasteiger partial charge in [0, 0.05) is 6.54 Å². The normalized spacial score (nSPS) is 10.8. The molecule has 1 aromatic heterocycles. The van der Waals surface area contributed by atoms with Crippen molar-refractivity contribution in [1.82, 2.24) is 10.1 Å². The third-order valence-corrected chi connectivity index (χ3v) is 2.93.